The molecule has 2 aromatic rings. The lowest BCUT2D eigenvalue weighted by atomic mass is 9.93. The van der Waals surface area contributed by atoms with E-state index in [9.17, 15) is 4.79 Å². The van der Waals surface area contributed by atoms with Crippen LogP contribution in [0.15, 0.2) is 38.3 Å². The van der Waals surface area contributed by atoms with E-state index < -0.39 is 0 Å². The molecule has 2 aromatic heterocycles. The molecule has 178 valence electrons. The van der Waals surface area contributed by atoms with Gasteiger partial charge in [-0.1, -0.05) is 52.5 Å². The summed E-state index contributed by atoms with van der Waals surface area (Å²) in [5.41, 5.74) is 2.53. The average molecular weight is 452 g/mol. The molecular weight excluding hydrogens is 414 g/mol. The van der Waals surface area contributed by atoms with Crippen LogP contribution < -0.4 is 0 Å². The number of furan rings is 2. The summed E-state index contributed by atoms with van der Waals surface area (Å²) in [5, 5.41) is 0. The van der Waals surface area contributed by atoms with Gasteiger partial charge in [-0.25, -0.2) is 4.99 Å². The minimum Gasteiger partial charge on any atom is -0.467 e. The Kier molecular flexibility index (Phi) is 7.41. The standard InChI is InChI=1S/C27H37N3O3/c1-5-6-14-23-25-24(20(4)33-26(25)28-18-29(23)16-19(2)3)27(31)30(17-22-13-10-15-32-22)21-11-8-7-9-12-21/h10,13-15,18-19,21H,5-9,11-12,16-17H2,1-4H3/b23-14+. The molecule has 0 bridgehead atoms. The Balaban J connectivity index is 1.75. The van der Waals surface area contributed by atoms with E-state index in [0.717, 1.165) is 62.1 Å². The highest BCUT2D eigenvalue weighted by atomic mass is 16.4. The second-order valence-electron chi connectivity index (χ2n) is 9.69. The van der Waals surface area contributed by atoms with E-state index in [0.29, 0.717) is 29.7 Å². The Bertz CT molecular complexity index is 994. The van der Waals surface area contributed by atoms with Crippen LogP contribution in [-0.4, -0.2) is 34.6 Å². The highest BCUT2D eigenvalue weighted by molar-refractivity contribution is 6.04. The summed E-state index contributed by atoms with van der Waals surface area (Å²) in [6.45, 7) is 9.76. The summed E-state index contributed by atoms with van der Waals surface area (Å²) < 4.78 is 11.7. The molecule has 6 heteroatoms. The predicted octanol–water partition coefficient (Wildman–Crippen LogP) is 6.93. The molecule has 1 saturated carbocycles. The third kappa shape index (κ3) is 5.10. The van der Waals surface area contributed by atoms with Crippen LogP contribution in [0.1, 0.15) is 93.2 Å². The zero-order valence-electron chi connectivity index (χ0n) is 20.5. The van der Waals surface area contributed by atoms with Crippen LogP contribution in [0.25, 0.3) is 5.70 Å². The molecule has 0 saturated heterocycles. The van der Waals surface area contributed by atoms with Crippen molar-refractivity contribution in [1.29, 1.82) is 0 Å². The molecule has 0 spiro atoms. The average Bonchev–Trinajstić information content (AvgIpc) is 3.43. The van der Waals surface area contributed by atoms with E-state index >= 15 is 0 Å². The van der Waals surface area contributed by atoms with E-state index in [1.165, 1.54) is 6.42 Å². The Morgan fingerprint density at radius 2 is 2.09 bits per heavy atom. The van der Waals surface area contributed by atoms with Gasteiger partial charge in [0.2, 0.25) is 5.88 Å². The van der Waals surface area contributed by atoms with Crippen LogP contribution in [0, 0.1) is 12.8 Å². The summed E-state index contributed by atoms with van der Waals surface area (Å²) in [6.07, 6.45) is 13.3. The molecule has 1 fully saturated rings. The molecule has 0 radical (unpaired) electrons. The number of nitrogens with zero attached hydrogens (tertiary/aromatic N) is 3. The van der Waals surface area contributed by atoms with Crippen molar-refractivity contribution in [2.75, 3.05) is 6.54 Å². The summed E-state index contributed by atoms with van der Waals surface area (Å²) >= 11 is 0. The van der Waals surface area contributed by atoms with Gasteiger partial charge < -0.3 is 18.6 Å². The van der Waals surface area contributed by atoms with Crippen molar-refractivity contribution >= 4 is 23.8 Å². The van der Waals surface area contributed by atoms with Gasteiger partial charge in [0, 0.05) is 12.6 Å². The minimum absolute atomic E-state index is 0.0183. The lowest BCUT2D eigenvalue weighted by Gasteiger charge is -2.34. The summed E-state index contributed by atoms with van der Waals surface area (Å²) in [6, 6.07) is 4.04. The molecule has 4 rings (SSSR count). The zero-order valence-corrected chi connectivity index (χ0v) is 20.5. The lowest BCUT2D eigenvalue weighted by Crippen LogP contribution is -2.41. The molecule has 0 atom stereocenters. The lowest BCUT2D eigenvalue weighted by molar-refractivity contribution is 0.0594. The first-order chi connectivity index (χ1) is 16.0. The van der Waals surface area contributed by atoms with E-state index in [1.54, 1.807) is 6.26 Å². The van der Waals surface area contributed by atoms with Gasteiger partial charge in [-0.15, -0.1) is 0 Å². The Morgan fingerprint density at radius 1 is 1.30 bits per heavy atom. The number of amides is 1. The molecule has 0 N–H and O–H groups in total. The number of fused-ring (bicyclic) bond motifs is 1. The number of carbonyl (C=O) groups excluding carboxylic acids is 1. The maximum absolute atomic E-state index is 14.2. The van der Waals surface area contributed by atoms with Crippen LogP contribution >= 0.6 is 0 Å². The minimum atomic E-state index is 0.0183. The molecule has 3 heterocycles. The fourth-order valence-electron chi connectivity index (χ4n) is 4.96. The topological polar surface area (TPSA) is 62.2 Å². The van der Waals surface area contributed by atoms with Gasteiger partial charge in [0.15, 0.2) is 0 Å². The number of carbonyl (C=O) groups is 1. The van der Waals surface area contributed by atoms with Crippen molar-refractivity contribution in [2.45, 2.75) is 85.2 Å². The predicted molar refractivity (Wildman–Crippen MR) is 131 cm³/mol. The highest BCUT2D eigenvalue weighted by Crippen LogP contribution is 2.41. The Hall–Kier alpha value is -2.76. The van der Waals surface area contributed by atoms with E-state index in [4.69, 9.17) is 8.83 Å². The van der Waals surface area contributed by atoms with Gasteiger partial charge >= 0.3 is 0 Å². The molecule has 0 aromatic carbocycles. The fourth-order valence-corrected chi connectivity index (χ4v) is 4.96. The second kappa shape index (κ2) is 10.4. The first-order valence-corrected chi connectivity index (χ1v) is 12.5. The number of rotatable bonds is 8. The van der Waals surface area contributed by atoms with Gasteiger partial charge in [0.25, 0.3) is 5.91 Å². The number of hydrogen-bond acceptors (Lipinski definition) is 5. The molecule has 1 amide bonds. The van der Waals surface area contributed by atoms with Gasteiger partial charge in [-0.05, 0) is 44.2 Å². The largest absolute Gasteiger partial charge is 0.467 e. The van der Waals surface area contributed by atoms with Crippen LogP contribution in [0.3, 0.4) is 0 Å². The molecule has 0 unspecified atom stereocenters. The van der Waals surface area contributed by atoms with Gasteiger partial charge in [-0.2, -0.15) is 0 Å². The van der Waals surface area contributed by atoms with Crippen molar-refractivity contribution in [3.05, 3.63) is 47.1 Å². The number of hydrogen-bond donors (Lipinski definition) is 0. The van der Waals surface area contributed by atoms with Crippen molar-refractivity contribution in [1.82, 2.24) is 9.80 Å². The fraction of sp³-hybridized carbons (Fsp3) is 0.556. The molecule has 2 aliphatic rings. The molecule has 1 aliphatic carbocycles. The molecular formula is C27H37N3O3. The zero-order chi connectivity index (χ0) is 23.4. The van der Waals surface area contributed by atoms with E-state index in [1.807, 2.05) is 30.3 Å². The van der Waals surface area contributed by atoms with Crippen LogP contribution in [0.5, 0.6) is 0 Å². The quantitative estimate of drug-likeness (QED) is 0.437. The van der Waals surface area contributed by atoms with Crippen LogP contribution in [0.2, 0.25) is 0 Å². The second-order valence-corrected chi connectivity index (χ2v) is 9.69. The third-order valence-electron chi connectivity index (χ3n) is 6.53. The maximum Gasteiger partial charge on any atom is 0.258 e. The van der Waals surface area contributed by atoms with Crippen molar-refractivity contribution < 1.29 is 13.6 Å². The number of unbranched alkanes of at least 4 members (excludes halogenated alkanes) is 1. The van der Waals surface area contributed by atoms with Gasteiger partial charge in [-0.3, -0.25) is 4.79 Å². The Morgan fingerprint density at radius 3 is 2.76 bits per heavy atom. The number of aryl methyl sites for hydroxylation is 1. The first-order valence-electron chi connectivity index (χ1n) is 12.5. The highest BCUT2D eigenvalue weighted by Gasteiger charge is 2.35. The van der Waals surface area contributed by atoms with Crippen molar-refractivity contribution in [2.24, 2.45) is 10.9 Å². The van der Waals surface area contributed by atoms with Gasteiger partial charge in [0.05, 0.1) is 36.0 Å². The maximum atomic E-state index is 14.2. The third-order valence-corrected chi connectivity index (χ3v) is 6.53. The summed E-state index contributed by atoms with van der Waals surface area (Å²) in [5.74, 6) is 2.47. The number of aliphatic imine (C=N–C) groups is 1. The smallest absolute Gasteiger partial charge is 0.258 e. The summed E-state index contributed by atoms with van der Waals surface area (Å²) in [7, 11) is 0. The summed E-state index contributed by atoms with van der Waals surface area (Å²) in [4.78, 5) is 23.0. The molecule has 1 aliphatic heterocycles. The monoisotopic (exact) mass is 451 g/mol. The number of allylic oxidation sites excluding steroid dienone is 1. The van der Waals surface area contributed by atoms with Crippen molar-refractivity contribution in [3.63, 3.8) is 0 Å². The van der Waals surface area contributed by atoms with Crippen LogP contribution in [-0.2, 0) is 6.54 Å². The van der Waals surface area contributed by atoms with Crippen molar-refractivity contribution in [3.8, 4) is 0 Å². The van der Waals surface area contributed by atoms with Gasteiger partial charge in [0.1, 0.15) is 11.5 Å². The first kappa shape index (κ1) is 23.4. The SMILES string of the molecule is CCC/C=C1\c2c(oc(C)c2C(=O)N(Cc2ccco2)C2CCCCC2)N=CN1CC(C)C. The Labute approximate surface area is 197 Å². The van der Waals surface area contributed by atoms with E-state index in [2.05, 4.69) is 36.7 Å². The van der Waals surface area contributed by atoms with E-state index in [-0.39, 0.29) is 11.9 Å². The van der Waals surface area contributed by atoms with Crippen LogP contribution in [0.4, 0.5) is 5.88 Å². The normalized spacial score (nSPS) is 17.7. The molecule has 6 nitrogen and oxygen atoms in total. The molecule has 33 heavy (non-hydrogen) atoms.